The van der Waals surface area contributed by atoms with Gasteiger partial charge in [-0.3, -0.25) is 19.2 Å². The second kappa shape index (κ2) is 21.4. The van der Waals surface area contributed by atoms with E-state index in [1.165, 1.54) is 51.4 Å². The zero-order chi connectivity index (χ0) is 29.6. The maximum Gasteiger partial charge on any atom is 0.326 e. The molecule has 0 aromatic heterocycles. The molecule has 0 unspecified atom stereocenters. The number of hydrogen-bond donors (Lipinski definition) is 5. The molecule has 0 saturated carbocycles. The van der Waals surface area contributed by atoms with Gasteiger partial charge in [0, 0.05) is 19.3 Å². The fourth-order valence-corrected chi connectivity index (χ4v) is 4.34. The molecule has 6 N–H and O–H groups in total. The van der Waals surface area contributed by atoms with E-state index >= 15 is 0 Å². The summed E-state index contributed by atoms with van der Waals surface area (Å²) in [6, 6.07) is 6.40. The number of carboxylic acid groups (broad SMARTS) is 1. The lowest BCUT2D eigenvalue weighted by molar-refractivity contribution is -0.142. The average Bonchev–Trinajstić information content (AvgIpc) is 2.92. The van der Waals surface area contributed by atoms with Crippen molar-refractivity contribution < 1.29 is 29.1 Å². The molecule has 4 amide bonds. The van der Waals surface area contributed by atoms with Crippen molar-refractivity contribution in [1.29, 1.82) is 0 Å². The van der Waals surface area contributed by atoms with Crippen LogP contribution in [0.2, 0.25) is 0 Å². The number of amides is 4. The highest BCUT2D eigenvalue weighted by Crippen LogP contribution is 2.12. The van der Waals surface area contributed by atoms with Crippen molar-refractivity contribution in [3.8, 4) is 0 Å². The number of nitrogens with two attached hydrogens (primary N) is 1. The van der Waals surface area contributed by atoms with Gasteiger partial charge in [0.15, 0.2) is 0 Å². The molecule has 0 fully saturated rings. The van der Waals surface area contributed by atoms with Gasteiger partial charge in [-0.25, -0.2) is 4.79 Å². The van der Waals surface area contributed by atoms with Gasteiger partial charge in [0.1, 0.15) is 12.1 Å². The maximum atomic E-state index is 12.8. The Hall–Kier alpha value is -3.43. The van der Waals surface area contributed by atoms with E-state index < -0.39 is 35.8 Å². The van der Waals surface area contributed by atoms with Gasteiger partial charge in [-0.05, 0) is 18.4 Å². The summed E-state index contributed by atoms with van der Waals surface area (Å²) in [6.07, 6.45) is 13.0. The first-order valence-corrected chi connectivity index (χ1v) is 14.6. The summed E-state index contributed by atoms with van der Waals surface area (Å²) in [5.41, 5.74) is 5.92. The summed E-state index contributed by atoms with van der Waals surface area (Å²) in [5.74, 6) is -3.51. The second-order valence-corrected chi connectivity index (χ2v) is 10.3. The number of benzene rings is 1. The predicted molar refractivity (Wildman–Crippen MR) is 154 cm³/mol. The van der Waals surface area contributed by atoms with Gasteiger partial charge >= 0.3 is 5.97 Å². The van der Waals surface area contributed by atoms with Crippen LogP contribution in [0, 0.1) is 0 Å². The third-order valence-electron chi connectivity index (χ3n) is 6.68. The largest absolute Gasteiger partial charge is 0.480 e. The fraction of sp³-hybridized carbons (Fsp3) is 0.633. The number of hydrogen-bond acceptors (Lipinski definition) is 5. The second-order valence-electron chi connectivity index (χ2n) is 10.3. The Kier molecular flexibility index (Phi) is 18.5. The number of rotatable bonds is 23. The highest BCUT2D eigenvalue weighted by molar-refractivity contribution is 5.92. The van der Waals surface area contributed by atoms with Crippen molar-refractivity contribution >= 4 is 29.6 Å². The van der Waals surface area contributed by atoms with E-state index in [1.807, 2.05) is 0 Å². The maximum absolute atomic E-state index is 12.8. The van der Waals surface area contributed by atoms with Gasteiger partial charge in [-0.2, -0.15) is 0 Å². The molecule has 0 spiro atoms. The molecule has 0 heterocycles. The number of aliphatic carboxylic acids is 1. The topological polar surface area (TPSA) is 168 Å². The van der Waals surface area contributed by atoms with E-state index in [1.54, 1.807) is 30.3 Å². The minimum absolute atomic E-state index is 0.0491. The number of carboxylic acids is 1. The Morgan fingerprint density at radius 1 is 0.750 bits per heavy atom. The van der Waals surface area contributed by atoms with E-state index in [4.69, 9.17) is 5.73 Å². The van der Waals surface area contributed by atoms with Crippen molar-refractivity contribution in [2.45, 2.75) is 115 Å². The molecule has 40 heavy (non-hydrogen) atoms. The molecule has 0 aliphatic carbocycles. The Labute approximate surface area is 238 Å². The average molecular weight is 561 g/mol. The predicted octanol–water partition coefficient (Wildman–Crippen LogP) is 3.37. The Bertz CT molecular complexity index is 909. The molecule has 1 aromatic rings. The van der Waals surface area contributed by atoms with E-state index in [0.29, 0.717) is 12.0 Å². The summed E-state index contributed by atoms with van der Waals surface area (Å²) in [6.45, 7) is 1.89. The summed E-state index contributed by atoms with van der Waals surface area (Å²) >= 11 is 0. The van der Waals surface area contributed by atoms with Crippen molar-refractivity contribution in [3.63, 3.8) is 0 Å². The van der Waals surface area contributed by atoms with Crippen LogP contribution in [0.4, 0.5) is 0 Å². The lowest BCUT2D eigenvalue weighted by Gasteiger charge is -2.21. The van der Waals surface area contributed by atoms with E-state index in [-0.39, 0.29) is 31.7 Å². The molecule has 0 saturated heterocycles. The number of primary amides is 1. The van der Waals surface area contributed by atoms with Crippen LogP contribution in [0.5, 0.6) is 0 Å². The van der Waals surface area contributed by atoms with Crippen molar-refractivity contribution in [1.82, 2.24) is 16.0 Å². The monoisotopic (exact) mass is 560 g/mol. The van der Waals surface area contributed by atoms with Crippen LogP contribution in [0.15, 0.2) is 30.3 Å². The molecule has 0 bridgehead atoms. The quantitative estimate of drug-likeness (QED) is 0.129. The van der Waals surface area contributed by atoms with Crippen LogP contribution in [-0.2, 0) is 30.4 Å². The normalized spacial score (nSPS) is 12.2. The van der Waals surface area contributed by atoms with Crippen LogP contribution in [-0.4, -0.2) is 53.3 Å². The minimum atomic E-state index is -1.23. The first-order chi connectivity index (χ1) is 19.2. The third-order valence-corrected chi connectivity index (χ3v) is 6.68. The van der Waals surface area contributed by atoms with E-state index in [2.05, 4.69) is 22.9 Å². The zero-order valence-electron chi connectivity index (χ0n) is 23.9. The molecule has 1 aromatic carbocycles. The van der Waals surface area contributed by atoms with Gasteiger partial charge in [-0.1, -0.05) is 101 Å². The molecule has 0 aliphatic rings. The molecule has 2 atom stereocenters. The lowest BCUT2D eigenvalue weighted by atomic mass is 10.0. The summed E-state index contributed by atoms with van der Waals surface area (Å²) in [5, 5.41) is 17.0. The first kappa shape index (κ1) is 34.6. The number of nitrogens with one attached hydrogen (secondary N) is 3. The fourth-order valence-electron chi connectivity index (χ4n) is 4.34. The van der Waals surface area contributed by atoms with Crippen LogP contribution in [0.3, 0.4) is 0 Å². The standard InChI is InChI=1S/C30H48N4O6/c1-2-3-4-5-6-7-8-9-10-11-15-18-27(36)32-22-28(37)33-24(19-20-26(31)35)29(38)34-25(30(39)40)21-23-16-13-12-14-17-23/h12-14,16-17,24-25H,2-11,15,18-22H2,1H3,(H2,31,35)(H,32,36)(H,33,37)(H,34,38)(H,39,40)/t24-,25-/m0/s1. The van der Waals surface area contributed by atoms with Gasteiger partial charge < -0.3 is 26.8 Å². The molecule has 1 rings (SSSR count). The lowest BCUT2D eigenvalue weighted by Crippen LogP contribution is -2.53. The van der Waals surface area contributed by atoms with E-state index in [0.717, 1.165) is 19.3 Å². The minimum Gasteiger partial charge on any atom is -0.480 e. The number of carbonyl (C=O) groups is 5. The first-order valence-electron chi connectivity index (χ1n) is 14.6. The van der Waals surface area contributed by atoms with Crippen LogP contribution in [0.25, 0.3) is 0 Å². The summed E-state index contributed by atoms with van der Waals surface area (Å²) < 4.78 is 0. The van der Waals surface area contributed by atoms with Crippen LogP contribution < -0.4 is 21.7 Å². The summed E-state index contributed by atoms with van der Waals surface area (Å²) in [4.78, 5) is 60.4. The van der Waals surface area contributed by atoms with Crippen molar-refractivity contribution in [3.05, 3.63) is 35.9 Å². The molecular formula is C30H48N4O6. The van der Waals surface area contributed by atoms with Gasteiger partial charge in [0.25, 0.3) is 0 Å². The Morgan fingerprint density at radius 3 is 1.88 bits per heavy atom. The molecule has 224 valence electrons. The summed E-state index contributed by atoms with van der Waals surface area (Å²) in [7, 11) is 0. The number of carbonyl (C=O) groups excluding carboxylic acids is 4. The van der Waals surface area contributed by atoms with Gasteiger partial charge in [0.05, 0.1) is 6.54 Å². The van der Waals surface area contributed by atoms with Crippen LogP contribution in [0.1, 0.15) is 102 Å². The number of unbranched alkanes of at least 4 members (excludes halogenated alkanes) is 10. The Balaban J connectivity index is 2.40. The zero-order valence-corrected chi connectivity index (χ0v) is 23.9. The van der Waals surface area contributed by atoms with Gasteiger partial charge in [-0.15, -0.1) is 0 Å². The molecule has 10 heteroatoms. The smallest absolute Gasteiger partial charge is 0.326 e. The highest BCUT2D eigenvalue weighted by Gasteiger charge is 2.27. The third kappa shape index (κ3) is 17.2. The van der Waals surface area contributed by atoms with Crippen molar-refractivity contribution in [2.75, 3.05) is 6.54 Å². The SMILES string of the molecule is CCCCCCCCCCCCCC(=O)NCC(=O)N[C@@H](CCC(N)=O)C(=O)N[C@@H](Cc1ccccc1)C(=O)O. The molecule has 0 radical (unpaired) electrons. The molecular weight excluding hydrogens is 512 g/mol. The highest BCUT2D eigenvalue weighted by atomic mass is 16.4. The molecule has 10 nitrogen and oxygen atoms in total. The Morgan fingerprint density at radius 2 is 1.32 bits per heavy atom. The van der Waals surface area contributed by atoms with Crippen molar-refractivity contribution in [2.24, 2.45) is 5.73 Å². The van der Waals surface area contributed by atoms with Crippen LogP contribution >= 0.6 is 0 Å². The van der Waals surface area contributed by atoms with E-state index in [9.17, 15) is 29.1 Å². The van der Waals surface area contributed by atoms with Gasteiger partial charge in [0.2, 0.25) is 23.6 Å². The molecule has 0 aliphatic heterocycles.